The Hall–Kier alpha value is -2.18. The average Bonchev–Trinajstić information content (AvgIpc) is 2.72. The quantitative estimate of drug-likeness (QED) is 0.512. The maximum Gasteiger partial charge on any atom is 0.295 e. The number of nitrogen functional groups attached to an aromatic ring is 1. The van der Waals surface area contributed by atoms with E-state index in [1.807, 2.05) is 0 Å². The molecule has 2 unspecified atom stereocenters. The number of nitrogens with zero attached hydrogens (tertiary/aromatic N) is 2. The molecule has 4 atom stereocenters. The molecule has 4 bridgehead atoms. The summed E-state index contributed by atoms with van der Waals surface area (Å²) in [6, 6.07) is 1.94. The van der Waals surface area contributed by atoms with Crippen molar-refractivity contribution in [1.29, 1.82) is 0 Å². The van der Waals surface area contributed by atoms with Gasteiger partial charge in [0.25, 0.3) is 11.6 Å². The molecule has 6 nitrogen and oxygen atoms in total. The van der Waals surface area contributed by atoms with Crippen LogP contribution in [0.2, 0.25) is 0 Å². The molecule has 2 aliphatic carbocycles. The zero-order valence-electron chi connectivity index (χ0n) is 13.3. The summed E-state index contributed by atoms with van der Waals surface area (Å²) in [6.45, 7) is 0.653. The molecule has 2 N–H and O–H groups in total. The number of anilines is 1. The first-order chi connectivity index (χ1) is 11.4. The van der Waals surface area contributed by atoms with Crippen LogP contribution >= 0.6 is 0 Å². The van der Waals surface area contributed by atoms with Gasteiger partial charge in [0.2, 0.25) is 0 Å². The van der Waals surface area contributed by atoms with Gasteiger partial charge < -0.3 is 10.6 Å². The Kier molecular flexibility index (Phi) is 3.47. The summed E-state index contributed by atoms with van der Waals surface area (Å²) in [7, 11) is 0. The Bertz CT molecular complexity index is 709. The van der Waals surface area contributed by atoms with Crippen LogP contribution in [0.5, 0.6) is 0 Å². The zero-order valence-corrected chi connectivity index (χ0v) is 13.3. The number of nitro groups is 1. The van der Waals surface area contributed by atoms with Gasteiger partial charge in [0, 0.05) is 12.6 Å². The fourth-order valence-corrected chi connectivity index (χ4v) is 5.12. The highest BCUT2D eigenvalue weighted by atomic mass is 19.1. The number of halogens is 1. The van der Waals surface area contributed by atoms with Crippen molar-refractivity contribution in [2.24, 2.45) is 17.8 Å². The van der Waals surface area contributed by atoms with Crippen LogP contribution in [0.3, 0.4) is 0 Å². The maximum atomic E-state index is 13.8. The van der Waals surface area contributed by atoms with E-state index in [0.717, 1.165) is 37.8 Å². The van der Waals surface area contributed by atoms with Crippen molar-refractivity contribution in [3.63, 3.8) is 0 Å². The number of hydrogen-bond acceptors (Lipinski definition) is 4. The molecular formula is C17H20FN3O3. The molecule has 24 heavy (non-hydrogen) atoms. The van der Waals surface area contributed by atoms with Crippen LogP contribution in [0.25, 0.3) is 0 Å². The van der Waals surface area contributed by atoms with Gasteiger partial charge in [-0.25, -0.2) is 4.39 Å². The van der Waals surface area contributed by atoms with Gasteiger partial charge in [-0.05, 0) is 55.9 Å². The molecule has 7 heteroatoms. The molecular weight excluding hydrogens is 313 g/mol. The summed E-state index contributed by atoms with van der Waals surface area (Å²) in [5.74, 6) is 0.650. The van der Waals surface area contributed by atoms with E-state index in [2.05, 4.69) is 0 Å². The van der Waals surface area contributed by atoms with E-state index < -0.39 is 16.4 Å². The smallest absolute Gasteiger partial charge is 0.295 e. The molecule has 1 aromatic rings. The lowest BCUT2D eigenvalue weighted by atomic mass is 9.68. The van der Waals surface area contributed by atoms with Crippen LogP contribution in [0.4, 0.5) is 15.8 Å². The molecule has 5 rings (SSSR count). The predicted octanol–water partition coefficient (Wildman–Crippen LogP) is 2.97. The molecule has 2 aliphatic heterocycles. The molecule has 1 amide bonds. The number of rotatable bonds is 2. The second kappa shape index (κ2) is 5.43. The van der Waals surface area contributed by atoms with Crippen molar-refractivity contribution in [2.45, 2.75) is 38.1 Å². The Morgan fingerprint density at radius 2 is 1.79 bits per heavy atom. The first kappa shape index (κ1) is 15.4. The van der Waals surface area contributed by atoms with Crippen molar-refractivity contribution in [1.82, 2.24) is 4.90 Å². The van der Waals surface area contributed by atoms with Crippen LogP contribution in [-0.2, 0) is 0 Å². The van der Waals surface area contributed by atoms with E-state index >= 15 is 0 Å². The van der Waals surface area contributed by atoms with E-state index in [-0.39, 0.29) is 23.2 Å². The lowest BCUT2D eigenvalue weighted by Crippen LogP contribution is -2.42. The number of nitro benzene ring substituents is 1. The standard InChI is InChI=1S/C17H20FN3O3/c18-12-6-14(16(19)15(7-12)21(23)24)17(22)20-8-11-2-9-1-10(3-11)5-13(20)4-9/h6-7,9-11,13H,1-5,8,19H2/t9-,10+,11?,13?. The largest absolute Gasteiger partial charge is 0.393 e. The van der Waals surface area contributed by atoms with Gasteiger partial charge in [-0.2, -0.15) is 0 Å². The Morgan fingerprint density at radius 1 is 1.17 bits per heavy atom. The molecule has 2 saturated heterocycles. The zero-order chi connectivity index (χ0) is 17.0. The summed E-state index contributed by atoms with van der Waals surface area (Å²) in [5, 5.41) is 11.0. The van der Waals surface area contributed by atoms with E-state index in [1.54, 1.807) is 4.90 Å². The normalized spacial score (nSPS) is 31.1. The molecule has 128 valence electrons. The summed E-state index contributed by atoms with van der Waals surface area (Å²) >= 11 is 0. The third kappa shape index (κ3) is 2.42. The fourth-order valence-electron chi connectivity index (χ4n) is 5.12. The van der Waals surface area contributed by atoms with E-state index in [4.69, 9.17) is 5.73 Å². The number of amides is 1. The van der Waals surface area contributed by atoms with Gasteiger partial charge in [-0.3, -0.25) is 14.9 Å². The van der Waals surface area contributed by atoms with Crippen molar-refractivity contribution in [3.05, 3.63) is 33.6 Å². The number of fused-ring (bicyclic) bond motifs is 1. The van der Waals surface area contributed by atoms with Crippen LogP contribution < -0.4 is 5.73 Å². The van der Waals surface area contributed by atoms with Crippen LogP contribution in [0, 0.1) is 33.7 Å². The number of carbonyl (C=O) groups excluding carboxylic acids is 1. The third-order valence-corrected chi connectivity index (χ3v) is 5.92. The fraction of sp³-hybridized carbons (Fsp3) is 0.588. The SMILES string of the molecule is Nc1c(C(=O)N2CC3C[C@@H]4CC2C[C@H](C3)C4)cc(F)cc1[N+](=O)[O-]. The minimum absolute atomic E-state index is 0.0806. The van der Waals surface area contributed by atoms with Crippen LogP contribution in [-0.4, -0.2) is 28.3 Å². The minimum atomic E-state index is -0.806. The Balaban J connectivity index is 1.70. The monoisotopic (exact) mass is 333 g/mol. The van der Waals surface area contributed by atoms with Gasteiger partial charge in [0.15, 0.2) is 0 Å². The molecule has 0 spiro atoms. The summed E-state index contributed by atoms with van der Waals surface area (Å²) in [5.41, 5.74) is 4.95. The van der Waals surface area contributed by atoms with Crippen molar-refractivity contribution < 1.29 is 14.1 Å². The molecule has 2 heterocycles. The molecule has 0 aromatic heterocycles. The highest BCUT2D eigenvalue weighted by molar-refractivity contribution is 6.01. The highest BCUT2D eigenvalue weighted by Gasteiger charge is 2.44. The van der Waals surface area contributed by atoms with Crippen LogP contribution in [0.15, 0.2) is 12.1 Å². The van der Waals surface area contributed by atoms with Crippen molar-refractivity contribution in [3.8, 4) is 0 Å². The number of carbonyl (C=O) groups is 1. The van der Waals surface area contributed by atoms with E-state index in [1.165, 1.54) is 6.42 Å². The first-order valence-corrected chi connectivity index (χ1v) is 8.46. The van der Waals surface area contributed by atoms with E-state index in [9.17, 15) is 19.3 Å². The first-order valence-electron chi connectivity index (χ1n) is 8.46. The maximum absolute atomic E-state index is 13.8. The Labute approximate surface area is 139 Å². The highest BCUT2D eigenvalue weighted by Crippen LogP contribution is 2.48. The minimum Gasteiger partial charge on any atom is -0.393 e. The summed E-state index contributed by atoms with van der Waals surface area (Å²) in [6.07, 6.45) is 5.51. The van der Waals surface area contributed by atoms with Crippen molar-refractivity contribution in [2.75, 3.05) is 12.3 Å². The molecule has 4 aliphatic rings. The number of benzene rings is 1. The second-order valence-electron chi connectivity index (χ2n) is 7.53. The summed E-state index contributed by atoms with van der Waals surface area (Å²) < 4.78 is 13.8. The molecule has 1 aromatic carbocycles. The lowest BCUT2D eigenvalue weighted by molar-refractivity contribution is -0.384. The van der Waals surface area contributed by atoms with Gasteiger partial charge in [-0.1, -0.05) is 0 Å². The van der Waals surface area contributed by atoms with Gasteiger partial charge in [-0.15, -0.1) is 0 Å². The number of hydrogen-bond donors (Lipinski definition) is 1. The van der Waals surface area contributed by atoms with Gasteiger partial charge in [0.05, 0.1) is 16.6 Å². The Morgan fingerprint density at radius 3 is 2.42 bits per heavy atom. The van der Waals surface area contributed by atoms with E-state index in [0.29, 0.717) is 24.3 Å². The predicted molar refractivity (Wildman–Crippen MR) is 85.8 cm³/mol. The lowest BCUT2D eigenvalue weighted by Gasteiger charge is -2.39. The molecule has 0 radical (unpaired) electrons. The van der Waals surface area contributed by atoms with Gasteiger partial charge in [0.1, 0.15) is 11.5 Å². The van der Waals surface area contributed by atoms with Crippen molar-refractivity contribution >= 4 is 17.3 Å². The average molecular weight is 333 g/mol. The number of nitrogens with two attached hydrogens (primary N) is 1. The van der Waals surface area contributed by atoms with Gasteiger partial charge >= 0.3 is 0 Å². The third-order valence-electron chi connectivity index (χ3n) is 5.92. The topological polar surface area (TPSA) is 89.5 Å². The summed E-state index contributed by atoms with van der Waals surface area (Å²) in [4.78, 5) is 25.1. The molecule has 4 fully saturated rings. The second-order valence-corrected chi connectivity index (χ2v) is 7.53. The van der Waals surface area contributed by atoms with Crippen LogP contribution in [0.1, 0.15) is 42.5 Å². The molecule has 2 saturated carbocycles.